The van der Waals surface area contributed by atoms with E-state index in [0.29, 0.717) is 37.2 Å². The lowest BCUT2D eigenvalue weighted by atomic mass is 10.0. The number of phenols is 1. The Bertz CT molecular complexity index is 691. The van der Waals surface area contributed by atoms with Crippen LogP contribution >= 0.6 is 0 Å². The van der Waals surface area contributed by atoms with Crippen molar-refractivity contribution in [2.45, 2.75) is 38.2 Å². The monoisotopic (exact) mass is 312 g/mol. The van der Waals surface area contributed by atoms with Gasteiger partial charge in [-0.15, -0.1) is 0 Å². The van der Waals surface area contributed by atoms with E-state index in [-0.39, 0.29) is 18.0 Å². The van der Waals surface area contributed by atoms with Crippen molar-refractivity contribution in [3.63, 3.8) is 0 Å². The molecule has 0 aliphatic carbocycles. The predicted octanol–water partition coefficient (Wildman–Crippen LogP) is 3.38. The number of aromatic hydroxyl groups is 1. The second-order valence-corrected chi connectivity index (χ2v) is 5.98. The molecule has 1 unspecified atom stereocenters. The number of rotatable bonds is 0. The number of aryl methyl sites for hydroxylation is 2. The number of aliphatic hydroxyl groups excluding tert-OH is 1. The van der Waals surface area contributed by atoms with E-state index in [4.69, 9.17) is 4.74 Å². The summed E-state index contributed by atoms with van der Waals surface area (Å²) in [5.74, 6) is 1.16. The van der Waals surface area contributed by atoms with E-state index in [0.717, 1.165) is 11.1 Å². The molecule has 4 heteroatoms. The van der Waals surface area contributed by atoms with Gasteiger partial charge in [0.05, 0.1) is 6.10 Å². The van der Waals surface area contributed by atoms with Crippen LogP contribution in [0.1, 0.15) is 30.4 Å². The van der Waals surface area contributed by atoms with Crippen LogP contribution in [0.2, 0.25) is 0 Å². The molecule has 0 amide bonds. The van der Waals surface area contributed by atoms with E-state index in [1.165, 1.54) is 0 Å². The van der Waals surface area contributed by atoms with Crippen LogP contribution in [0, 0.1) is 0 Å². The fourth-order valence-electron chi connectivity index (χ4n) is 2.73. The van der Waals surface area contributed by atoms with Crippen LogP contribution in [0.3, 0.4) is 0 Å². The lowest BCUT2D eigenvalue weighted by Gasteiger charge is -2.10. The number of carbonyl (C=O) groups is 1. The van der Waals surface area contributed by atoms with Crippen molar-refractivity contribution < 1.29 is 19.7 Å². The van der Waals surface area contributed by atoms with Crippen molar-refractivity contribution in [3.8, 4) is 17.2 Å². The summed E-state index contributed by atoms with van der Waals surface area (Å²) in [6, 6.07) is 12.7. The van der Waals surface area contributed by atoms with Crippen molar-refractivity contribution >= 4 is 5.78 Å². The normalized spacial score (nSPS) is 18.8. The van der Waals surface area contributed by atoms with Gasteiger partial charge in [0.25, 0.3) is 0 Å². The first-order chi connectivity index (χ1) is 11.1. The molecule has 4 nitrogen and oxygen atoms in total. The molecule has 0 spiro atoms. The van der Waals surface area contributed by atoms with Gasteiger partial charge in [-0.2, -0.15) is 0 Å². The standard InChI is InChI=1S/C19H20O4/c20-15-6-1-13-3-8-17(9-4-13)23-19-11-14(5-10-18(19)22)2-7-16(21)12-15/h3-5,8-11,15,20,22H,1-2,6-7,12H2. The van der Waals surface area contributed by atoms with E-state index in [9.17, 15) is 15.0 Å². The van der Waals surface area contributed by atoms with Gasteiger partial charge in [-0.05, 0) is 54.7 Å². The molecule has 2 heterocycles. The summed E-state index contributed by atoms with van der Waals surface area (Å²) < 4.78 is 5.74. The molecular formula is C19H20O4. The predicted molar refractivity (Wildman–Crippen MR) is 86.9 cm³/mol. The van der Waals surface area contributed by atoms with Crippen LogP contribution in [-0.4, -0.2) is 22.1 Å². The number of hydrogen-bond donors (Lipinski definition) is 2. The van der Waals surface area contributed by atoms with Gasteiger partial charge in [-0.1, -0.05) is 18.2 Å². The molecular weight excluding hydrogens is 292 g/mol. The number of ketones is 1. The number of carbonyl (C=O) groups excluding carboxylic acids is 1. The Morgan fingerprint density at radius 2 is 1.70 bits per heavy atom. The maximum atomic E-state index is 12.0. The van der Waals surface area contributed by atoms with Gasteiger partial charge in [0.2, 0.25) is 0 Å². The number of aliphatic hydroxyl groups is 1. The van der Waals surface area contributed by atoms with Gasteiger partial charge in [0, 0.05) is 12.8 Å². The van der Waals surface area contributed by atoms with Crippen LogP contribution in [0.4, 0.5) is 0 Å². The van der Waals surface area contributed by atoms with Crippen molar-refractivity contribution in [2.75, 3.05) is 0 Å². The van der Waals surface area contributed by atoms with Crippen molar-refractivity contribution in [1.29, 1.82) is 0 Å². The molecule has 2 aliphatic heterocycles. The fourth-order valence-corrected chi connectivity index (χ4v) is 2.73. The van der Waals surface area contributed by atoms with Gasteiger partial charge in [0.15, 0.2) is 11.5 Å². The minimum Gasteiger partial charge on any atom is -0.504 e. The number of benzene rings is 2. The number of phenolic OH excluding ortho intramolecular Hbond substituents is 1. The van der Waals surface area contributed by atoms with Crippen LogP contribution in [0.25, 0.3) is 0 Å². The Balaban J connectivity index is 1.91. The van der Waals surface area contributed by atoms with Crippen LogP contribution in [0.5, 0.6) is 17.2 Å². The summed E-state index contributed by atoms with van der Waals surface area (Å²) in [6.07, 6.45) is 1.83. The third-order valence-corrected chi connectivity index (χ3v) is 4.10. The molecule has 0 radical (unpaired) electrons. The van der Waals surface area contributed by atoms with Gasteiger partial charge < -0.3 is 14.9 Å². The highest BCUT2D eigenvalue weighted by Gasteiger charge is 2.13. The number of Topliss-reactive ketones (excluding diaryl/α,β-unsaturated/α-hetero) is 1. The first kappa shape index (κ1) is 15.6. The average molecular weight is 312 g/mol. The molecule has 2 aromatic carbocycles. The van der Waals surface area contributed by atoms with E-state index >= 15 is 0 Å². The highest BCUT2D eigenvalue weighted by Crippen LogP contribution is 2.32. The molecule has 4 rings (SSSR count). The van der Waals surface area contributed by atoms with Gasteiger partial charge in [-0.3, -0.25) is 4.79 Å². The minimum atomic E-state index is -0.598. The summed E-state index contributed by atoms with van der Waals surface area (Å²) in [5.41, 5.74) is 2.00. The average Bonchev–Trinajstić information content (AvgIpc) is 2.55. The molecule has 23 heavy (non-hydrogen) atoms. The Morgan fingerprint density at radius 3 is 2.48 bits per heavy atom. The van der Waals surface area contributed by atoms with Gasteiger partial charge >= 0.3 is 0 Å². The molecule has 0 saturated heterocycles. The summed E-state index contributed by atoms with van der Waals surface area (Å²) in [6.45, 7) is 0. The molecule has 0 aromatic heterocycles. The van der Waals surface area contributed by atoms with Gasteiger partial charge in [-0.25, -0.2) is 0 Å². The second kappa shape index (κ2) is 6.84. The van der Waals surface area contributed by atoms with E-state index < -0.39 is 6.10 Å². The lowest BCUT2D eigenvalue weighted by molar-refractivity contribution is -0.120. The lowest BCUT2D eigenvalue weighted by Crippen LogP contribution is -2.14. The molecule has 2 aliphatic rings. The fraction of sp³-hybridized carbons (Fsp3) is 0.316. The maximum absolute atomic E-state index is 12.0. The zero-order chi connectivity index (χ0) is 16.2. The van der Waals surface area contributed by atoms with Gasteiger partial charge in [0.1, 0.15) is 11.5 Å². The molecule has 1 atom stereocenters. The zero-order valence-electron chi connectivity index (χ0n) is 12.9. The Hall–Kier alpha value is -2.33. The van der Waals surface area contributed by atoms with Crippen molar-refractivity contribution in [3.05, 3.63) is 53.6 Å². The number of fused-ring (bicyclic) bond motifs is 8. The molecule has 2 N–H and O–H groups in total. The maximum Gasteiger partial charge on any atom is 0.169 e. The Labute approximate surface area is 135 Å². The molecule has 0 saturated carbocycles. The third kappa shape index (κ3) is 4.11. The van der Waals surface area contributed by atoms with Crippen LogP contribution in [0.15, 0.2) is 42.5 Å². The third-order valence-electron chi connectivity index (χ3n) is 4.10. The number of hydrogen-bond acceptors (Lipinski definition) is 4. The quantitative estimate of drug-likeness (QED) is 0.782. The molecule has 4 bridgehead atoms. The first-order valence-corrected chi connectivity index (χ1v) is 7.88. The Kier molecular flexibility index (Phi) is 4.63. The smallest absolute Gasteiger partial charge is 0.169 e. The summed E-state index contributed by atoms with van der Waals surface area (Å²) in [7, 11) is 0. The number of ether oxygens (including phenoxy) is 1. The molecule has 120 valence electrons. The topological polar surface area (TPSA) is 66.8 Å². The van der Waals surface area contributed by atoms with E-state index in [1.807, 2.05) is 24.3 Å². The first-order valence-electron chi connectivity index (χ1n) is 7.88. The van der Waals surface area contributed by atoms with Crippen LogP contribution < -0.4 is 4.74 Å². The van der Waals surface area contributed by atoms with E-state index in [2.05, 4.69) is 0 Å². The summed E-state index contributed by atoms with van der Waals surface area (Å²) in [5, 5.41) is 19.9. The largest absolute Gasteiger partial charge is 0.504 e. The molecule has 0 fully saturated rings. The van der Waals surface area contributed by atoms with Crippen molar-refractivity contribution in [1.82, 2.24) is 0 Å². The van der Waals surface area contributed by atoms with Crippen LogP contribution in [-0.2, 0) is 17.6 Å². The van der Waals surface area contributed by atoms with Crippen molar-refractivity contribution in [2.24, 2.45) is 0 Å². The Morgan fingerprint density at radius 1 is 0.957 bits per heavy atom. The highest BCUT2D eigenvalue weighted by atomic mass is 16.5. The zero-order valence-corrected chi connectivity index (χ0v) is 12.9. The highest BCUT2D eigenvalue weighted by molar-refractivity contribution is 5.79. The SMILES string of the molecule is O=C1CCc2ccc(O)c(c2)Oc2ccc(cc2)CCC(O)C1. The summed E-state index contributed by atoms with van der Waals surface area (Å²) >= 11 is 0. The second-order valence-electron chi connectivity index (χ2n) is 5.98. The van der Waals surface area contributed by atoms with E-state index in [1.54, 1.807) is 18.2 Å². The molecule has 2 aromatic rings. The summed E-state index contributed by atoms with van der Waals surface area (Å²) in [4.78, 5) is 12.0. The minimum absolute atomic E-state index is 0.0534.